The highest BCUT2D eigenvalue weighted by Gasteiger charge is 2.41. The van der Waals surface area contributed by atoms with Crippen molar-refractivity contribution in [3.8, 4) is 5.75 Å². The Morgan fingerprint density at radius 3 is 2.25 bits per heavy atom. The van der Waals surface area contributed by atoms with Gasteiger partial charge in [0.25, 0.3) is 0 Å². The molecule has 5 rings (SSSR count). The van der Waals surface area contributed by atoms with E-state index in [-0.39, 0.29) is 6.10 Å². The van der Waals surface area contributed by atoms with E-state index in [1.807, 2.05) is 43.3 Å². The number of aromatic carboxylic acids is 1. The number of ether oxygens (including phenoxy) is 1. The first-order valence-corrected chi connectivity index (χ1v) is 14.7. The van der Waals surface area contributed by atoms with Crippen LogP contribution in [0.25, 0.3) is 0 Å². The summed E-state index contributed by atoms with van der Waals surface area (Å²) >= 11 is 12.5. The molecule has 3 aromatic rings. The summed E-state index contributed by atoms with van der Waals surface area (Å²) in [7, 11) is 0. The summed E-state index contributed by atoms with van der Waals surface area (Å²) < 4.78 is 6.37. The Balaban J connectivity index is 0.000000350. The van der Waals surface area contributed by atoms with E-state index < -0.39 is 5.97 Å². The summed E-state index contributed by atoms with van der Waals surface area (Å²) in [5.74, 6) is 1.30. The van der Waals surface area contributed by atoms with Crippen molar-refractivity contribution in [1.82, 2.24) is 0 Å². The third kappa shape index (κ3) is 7.21. The first-order valence-electron chi connectivity index (χ1n) is 13.9. The van der Waals surface area contributed by atoms with Gasteiger partial charge in [0.2, 0.25) is 0 Å². The lowest BCUT2D eigenvalue weighted by Gasteiger charge is -2.23. The van der Waals surface area contributed by atoms with Crippen LogP contribution in [0.1, 0.15) is 84.5 Å². The van der Waals surface area contributed by atoms with Crippen LogP contribution in [0.15, 0.2) is 71.9 Å². The average molecular weight is 581 g/mol. The first kappa shape index (κ1) is 30.0. The molecule has 2 fully saturated rings. The maximum atomic E-state index is 11.3. The number of halogens is 2. The van der Waals surface area contributed by atoms with Gasteiger partial charge in [-0.05, 0) is 122 Å². The van der Waals surface area contributed by atoms with Crippen LogP contribution in [0.3, 0.4) is 0 Å². The fourth-order valence-corrected chi connectivity index (χ4v) is 5.64. The number of carbonyl (C=O) groups is 1. The molecule has 0 aliphatic heterocycles. The zero-order valence-corrected chi connectivity index (χ0v) is 25.4. The van der Waals surface area contributed by atoms with Gasteiger partial charge in [-0.15, -0.1) is 0 Å². The number of benzene rings is 3. The van der Waals surface area contributed by atoms with Crippen LogP contribution in [0, 0.1) is 25.7 Å². The Kier molecular flexibility index (Phi) is 9.53. The van der Waals surface area contributed by atoms with E-state index in [2.05, 4.69) is 39.8 Å². The summed E-state index contributed by atoms with van der Waals surface area (Å²) in [4.78, 5) is 11.3. The first-order chi connectivity index (χ1) is 19.0. The summed E-state index contributed by atoms with van der Waals surface area (Å²) in [6, 6.07) is 19.1. The van der Waals surface area contributed by atoms with Crippen molar-refractivity contribution in [3.05, 3.63) is 110 Å². The Morgan fingerprint density at radius 2 is 1.68 bits per heavy atom. The highest BCUT2D eigenvalue weighted by molar-refractivity contribution is 6.31. The van der Waals surface area contributed by atoms with Crippen LogP contribution in [-0.4, -0.2) is 17.2 Å². The van der Waals surface area contributed by atoms with E-state index >= 15 is 0 Å². The smallest absolute Gasteiger partial charge is 0.335 e. The van der Waals surface area contributed by atoms with E-state index in [4.69, 9.17) is 33.7 Å². The van der Waals surface area contributed by atoms with E-state index in [9.17, 15) is 9.90 Å². The minimum Gasteiger partial charge on any atom is -0.486 e. The molecule has 2 aliphatic rings. The van der Waals surface area contributed by atoms with Crippen molar-refractivity contribution in [3.63, 3.8) is 0 Å². The van der Waals surface area contributed by atoms with Crippen LogP contribution < -0.4 is 10.5 Å². The topological polar surface area (TPSA) is 72.5 Å². The number of hydrogen-bond acceptors (Lipinski definition) is 3. The molecule has 2 aliphatic carbocycles. The SMILES string of the molecule is C/C(=C(\N)C(C)C)C(Oc1ccc(C2CC2c2cccc(C(=O)O)c2)c(Cl)c1)C1CC1.Cc1cccc(Cl)c1C. The maximum Gasteiger partial charge on any atom is 0.335 e. The molecule has 0 aromatic heterocycles. The van der Waals surface area contributed by atoms with Crippen molar-refractivity contribution in [2.75, 3.05) is 0 Å². The van der Waals surface area contributed by atoms with Gasteiger partial charge in [-0.3, -0.25) is 0 Å². The van der Waals surface area contributed by atoms with Crippen LogP contribution in [0.5, 0.6) is 5.75 Å². The average Bonchev–Trinajstić information content (AvgIpc) is 3.85. The standard InChI is InChI=1S/C26H30ClNO3.C8H9Cl/c1-14(2)24(28)15(3)25(16-7-8-16)31-19-9-10-20(23(27)12-19)22-13-21(22)17-5-4-6-18(11-17)26(29)30;1-6-4-3-5-8(9)7(6)2/h4-6,9-12,14,16,21-22,25H,7-8,13,28H2,1-3H3,(H,29,30);3-5H,1-2H3/b24-15+;. The number of nitrogens with two attached hydrogens (primary N) is 1. The molecule has 3 aromatic carbocycles. The van der Waals surface area contributed by atoms with Crippen LogP contribution >= 0.6 is 23.2 Å². The molecule has 0 amide bonds. The van der Waals surface area contributed by atoms with Crippen molar-refractivity contribution in [2.24, 2.45) is 17.6 Å². The second-order valence-corrected chi connectivity index (χ2v) is 12.2. The molecular weight excluding hydrogens is 541 g/mol. The fourth-order valence-electron chi connectivity index (χ4n) is 5.11. The van der Waals surface area contributed by atoms with Crippen molar-refractivity contribution in [2.45, 2.75) is 71.8 Å². The highest BCUT2D eigenvalue weighted by atomic mass is 35.5. The largest absolute Gasteiger partial charge is 0.486 e. The zero-order chi connectivity index (χ0) is 29.1. The second kappa shape index (κ2) is 12.7. The summed E-state index contributed by atoms with van der Waals surface area (Å²) in [5.41, 5.74) is 13.3. The van der Waals surface area contributed by atoms with E-state index in [1.54, 1.807) is 12.1 Å². The number of allylic oxidation sites excluding steroid dienone is 1. The van der Waals surface area contributed by atoms with Gasteiger partial charge in [-0.1, -0.05) is 67.4 Å². The lowest BCUT2D eigenvalue weighted by Crippen LogP contribution is -2.25. The van der Waals surface area contributed by atoms with Crippen LogP contribution in [0.4, 0.5) is 0 Å². The number of aryl methyl sites for hydroxylation is 1. The van der Waals surface area contributed by atoms with Crippen molar-refractivity contribution in [1.29, 1.82) is 0 Å². The molecule has 40 heavy (non-hydrogen) atoms. The Bertz CT molecular complexity index is 1390. The maximum absolute atomic E-state index is 11.3. The number of carboxylic acid groups (broad SMARTS) is 1. The predicted molar refractivity (Wildman–Crippen MR) is 165 cm³/mol. The summed E-state index contributed by atoms with van der Waals surface area (Å²) in [6.07, 6.45) is 3.30. The molecule has 3 unspecified atom stereocenters. The molecule has 3 N–H and O–H groups in total. The van der Waals surface area contributed by atoms with Gasteiger partial charge in [0.1, 0.15) is 11.9 Å². The third-order valence-corrected chi connectivity index (χ3v) is 8.82. The quantitative estimate of drug-likeness (QED) is 0.279. The second-order valence-electron chi connectivity index (χ2n) is 11.4. The molecule has 212 valence electrons. The zero-order valence-electron chi connectivity index (χ0n) is 23.9. The van der Waals surface area contributed by atoms with Crippen LogP contribution in [0.2, 0.25) is 10.0 Å². The molecule has 2 saturated carbocycles. The van der Waals surface area contributed by atoms with Gasteiger partial charge in [0, 0.05) is 15.7 Å². The number of rotatable bonds is 8. The molecule has 6 heteroatoms. The van der Waals surface area contributed by atoms with Gasteiger partial charge in [0.15, 0.2) is 0 Å². The van der Waals surface area contributed by atoms with E-state index in [0.29, 0.717) is 34.3 Å². The molecule has 0 bridgehead atoms. The van der Waals surface area contributed by atoms with E-state index in [1.165, 1.54) is 24.0 Å². The monoisotopic (exact) mass is 579 g/mol. The Labute approximate surface area is 248 Å². The van der Waals surface area contributed by atoms with Gasteiger partial charge >= 0.3 is 5.97 Å². The summed E-state index contributed by atoms with van der Waals surface area (Å²) in [5, 5.41) is 10.8. The van der Waals surface area contributed by atoms with Gasteiger partial charge in [-0.25, -0.2) is 4.79 Å². The van der Waals surface area contributed by atoms with Gasteiger partial charge in [0.05, 0.1) is 5.56 Å². The minimum atomic E-state index is -0.897. The normalized spacial score (nSPS) is 19.3. The lowest BCUT2D eigenvalue weighted by atomic mass is 9.99. The molecule has 4 nitrogen and oxygen atoms in total. The van der Waals surface area contributed by atoms with Gasteiger partial charge < -0.3 is 15.6 Å². The number of hydrogen-bond donors (Lipinski definition) is 2. The molecule has 0 spiro atoms. The highest BCUT2D eigenvalue weighted by Crippen LogP contribution is 2.56. The molecule has 0 saturated heterocycles. The van der Waals surface area contributed by atoms with Gasteiger partial charge in [-0.2, -0.15) is 0 Å². The lowest BCUT2D eigenvalue weighted by molar-refractivity contribution is 0.0696. The Hall–Kier alpha value is -2.95. The molecule has 0 heterocycles. The fraction of sp³-hybridized carbons (Fsp3) is 0.382. The van der Waals surface area contributed by atoms with Crippen molar-refractivity contribution < 1.29 is 14.6 Å². The summed E-state index contributed by atoms with van der Waals surface area (Å²) in [6.45, 7) is 10.4. The van der Waals surface area contributed by atoms with Crippen molar-refractivity contribution >= 4 is 29.2 Å². The molecular formula is C34H39Cl2NO3. The van der Waals surface area contributed by atoms with Crippen LogP contribution in [-0.2, 0) is 0 Å². The Morgan fingerprint density at radius 1 is 0.975 bits per heavy atom. The minimum absolute atomic E-state index is 0.00301. The molecule has 0 radical (unpaired) electrons. The number of carboxylic acids is 1. The third-order valence-electron chi connectivity index (χ3n) is 8.08. The predicted octanol–water partition coefficient (Wildman–Crippen LogP) is 9.31. The molecule has 3 atom stereocenters. The van der Waals surface area contributed by atoms with E-state index in [0.717, 1.165) is 39.6 Å².